The van der Waals surface area contributed by atoms with Crippen LogP contribution in [0.5, 0.6) is 5.75 Å². The lowest BCUT2D eigenvalue weighted by Crippen LogP contribution is -2.29. The normalized spacial score (nSPS) is 10.2. The summed E-state index contributed by atoms with van der Waals surface area (Å²) in [6.45, 7) is 0.532. The average Bonchev–Trinajstić information content (AvgIpc) is 2.45. The van der Waals surface area contributed by atoms with Gasteiger partial charge in [-0.2, -0.15) is 0 Å². The van der Waals surface area contributed by atoms with Gasteiger partial charge in [0.1, 0.15) is 5.75 Å². The van der Waals surface area contributed by atoms with E-state index in [-0.39, 0.29) is 0 Å². The van der Waals surface area contributed by atoms with Crippen molar-refractivity contribution < 1.29 is 14.8 Å². The SMILES string of the molecule is OB(O)c1ccc(OCCSc2ncccn2)cc1. The van der Waals surface area contributed by atoms with Gasteiger partial charge < -0.3 is 14.8 Å². The Morgan fingerprint density at radius 1 is 1.11 bits per heavy atom. The minimum Gasteiger partial charge on any atom is -0.493 e. The first-order valence-electron chi connectivity index (χ1n) is 5.74. The van der Waals surface area contributed by atoms with Crippen molar-refractivity contribution in [3.63, 3.8) is 0 Å². The van der Waals surface area contributed by atoms with E-state index in [0.29, 0.717) is 17.8 Å². The maximum absolute atomic E-state index is 8.95. The molecule has 2 rings (SSSR count). The van der Waals surface area contributed by atoms with Gasteiger partial charge in [-0.3, -0.25) is 0 Å². The molecule has 0 aliphatic rings. The van der Waals surface area contributed by atoms with E-state index in [1.165, 1.54) is 11.8 Å². The highest BCUT2D eigenvalue weighted by Crippen LogP contribution is 2.12. The number of hydrogen-bond donors (Lipinski definition) is 2. The lowest BCUT2D eigenvalue weighted by atomic mass is 9.80. The zero-order chi connectivity index (χ0) is 13.5. The summed E-state index contributed by atoms with van der Waals surface area (Å²) in [6.07, 6.45) is 3.41. The summed E-state index contributed by atoms with van der Waals surface area (Å²) < 4.78 is 5.52. The highest BCUT2D eigenvalue weighted by molar-refractivity contribution is 7.99. The molecule has 98 valence electrons. The zero-order valence-electron chi connectivity index (χ0n) is 10.1. The highest BCUT2D eigenvalue weighted by atomic mass is 32.2. The van der Waals surface area contributed by atoms with Crippen molar-refractivity contribution in [3.8, 4) is 5.75 Å². The zero-order valence-corrected chi connectivity index (χ0v) is 11.0. The fourth-order valence-corrected chi connectivity index (χ4v) is 2.01. The summed E-state index contributed by atoms with van der Waals surface area (Å²) in [6, 6.07) is 8.43. The van der Waals surface area contributed by atoms with E-state index in [4.69, 9.17) is 14.8 Å². The molecule has 1 aromatic heterocycles. The second-order valence-corrected chi connectivity index (χ2v) is 4.73. The minimum absolute atomic E-state index is 0.444. The van der Waals surface area contributed by atoms with Crippen LogP contribution in [0.15, 0.2) is 47.9 Å². The summed E-state index contributed by atoms with van der Waals surface area (Å²) in [5, 5.41) is 18.6. The first kappa shape index (κ1) is 13.9. The quantitative estimate of drug-likeness (QED) is 0.343. The van der Waals surface area contributed by atoms with Crippen LogP contribution in [0, 0.1) is 0 Å². The maximum Gasteiger partial charge on any atom is 0.488 e. The summed E-state index contributed by atoms with van der Waals surface area (Å²) in [4.78, 5) is 8.19. The van der Waals surface area contributed by atoms with Crippen LogP contribution in [0.3, 0.4) is 0 Å². The highest BCUT2D eigenvalue weighted by Gasteiger charge is 2.09. The van der Waals surface area contributed by atoms with Gasteiger partial charge in [0.2, 0.25) is 0 Å². The lowest BCUT2D eigenvalue weighted by Gasteiger charge is -2.06. The minimum atomic E-state index is -1.44. The predicted molar refractivity (Wildman–Crippen MR) is 74.5 cm³/mol. The van der Waals surface area contributed by atoms with E-state index in [2.05, 4.69) is 9.97 Å². The predicted octanol–water partition coefficient (Wildman–Crippen LogP) is 0.327. The van der Waals surface area contributed by atoms with Crippen molar-refractivity contribution in [2.45, 2.75) is 5.16 Å². The summed E-state index contributed by atoms with van der Waals surface area (Å²) >= 11 is 1.52. The van der Waals surface area contributed by atoms with Crippen LogP contribution >= 0.6 is 11.8 Å². The van der Waals surface area contributed by atoms with Crippen LogP contribution in [0.25, 0.3) is 0 Å². The largest absolute Gasteiger partial charge is 0.493 e. The Kier molecular flexibility index (Phi) is 5.20. The summed E-state index contributed by atoms with van der Waals surface area (Å²) in [5.41, 5.74) is 0.444. The van der Waals surface area contributed by atoms with Gasteiger partial charge in [-0.1, -0.05) is 23.9 Å². The van der Waals surface area contributed by atoms with Crippen molar-refractivity contribution >= 4 is 24.3 Å². The second-order valence-electron chi connectivity index (χ2n) is 3.67. The number of nitrogens with zero attached hydrogens (tertiary/aromatic N) is 2. The van der Waals surface area contributed by atoms with Gasteiger partial charge in [0.15, 0.2) is 5.16 Å². The molecule has 0 amide bonds. The summed E-state index contributed by atoms with van der Waals surface area (Å²) in [7, 11) is -1.44. The third kappa shape index (κ3) is 4.55. The number of rotatable bonds is 6. The van der Waals surface area contributed by atoms with E-state index < -0.39 is 7.12 Å². The van der Waals surface area contributed by atoms with E-state index in [0.717, 1.165) is 10.9 Å². The van der Waals surface area contributed by atoms with Crippen molar-refractivity contribution in [2.75, 3.05) is 12.4 Å². The average molecular weight is 276 g/mol. The molecule has 19 heavy (non-hydrogen) atoms. The molecule has 0 aliphatic heterocycles. The monoisotopic (exact) mass is 276 g/mol. The van der Waals surface area contributed by atoms with Gasteiger partial charge in [0.25, 0.3) is 0 Å². The molecular formula is C12H13BN2O3S. The molecule has 0 fully saturated rings. The van der Waals surface area contributed by atoms with Gasteiger partial charge in [-0.25, -0.2) is 9.97 Å². The number of ether oxygens (including phenoxy) is 1. The standard InChI is InChI=1S/C12H13BN2O3S/c16-13(17)10-2-4-11(5-3-10)18-8-9-19-12-14-6-1-7-15-12/h1-7,16-17H,8-9H2. The molecule has 0 aliphatic carbocycles. The fourth-order valence-electron chi connectivity index (χ4n) is 1.39. The molecular weight excluding hydrogens is 263 g/mol. The molecule has 1 heterocycles. The van der Waals surface area contributed by atoms with Gasteiger partial charge in [0, 0.05) is 18.1 Å². The molecule has 0 unspecified atom stereocenters. The Morgan fingerprint density at radius 3 is 2.42 bits per heavy atom. The Bertz CT molecular complexity index is 496. The third-order valence-corrected chi connectivity index (χ3v) is 3.14. The van der Waals surface area contributed by atoms with Crippen LogP contribution in [-0.2, 0) is 0 Å². The molecule has 2 N–H and O–H groups in total. The van der Waals surface area contributed by atoms with Gasteiger partial charge in [-0.05, 0) is 23.7 Å². The number of hydrogen-bond acceptors (Lipinski definition) is 6. The number of benzene rings is 1. The number of aromatic nitrogens is 2. The number of thioether (sulfide) groups is 1. The van der Waals surface area contributed by atoms with Gasteiger partial charge in [0.05, 0.1) is 6.61 Å². The molecule has 1 aromatic carbocycles. The van der Waals surface area contributed by atoms with Crippen molar-refractivity contribution in [1.29, 1.82) is 0 Å². The third-order valence-electron chi connectivity index (χ3n) is 2.30. The molecule has 0 atom stereocenters. The van der Waals surface area contributed by atoms with E-state index in [9.17, 15) is 0 Å². The topological polar surface area (TPSA) is 75.5 Å². The Balaban J connectivity index is 1.74. The Morgan fingerprint density at radius 2 is 1.79 bits per heavy atom. The van der Waals surface area contributed by atoms with Crippen LogP contribution in [-0.4, -0.2) is 39.5 Å². The van der Waals surface area contributed by atoms with Crippen LogP contribution < -0.4 is 10.2 Å². The molecule has 5 nitrogen and oxygen atoms in total. The molecule has 0 saturated carbocycles. The molecule has 7 heteroatoms. The van der Waals surface area contributed by atoms with Crippen LogP contribution in [0.1, 0.15) is 0 Å². The summed E-state index contributed by atoms with van der Waals surface area (Å²) in [5.74, 6) is 1.44. The Hall–Kier alpha value is -1.57. The molecule has 2 aromatic rings. The Labute approximate surface area is 115 Å². The van der Waals surface area contributed by atoms with Gasteiger partial charge in [-0.15, -0.1) is 0 Å². The van der Waals surface area contributed by atoms with Crippen LogP contribution in [0.2, 0.25) is 0 Å². The molecule has 0 spiro atoms. The lowest BCUT2D eigenvalue weighted by molar-refractivity contribution is 0.344. The van der Waals surface area contributed by atoms with E-state index >= 15 is 0 Å². The smallest absolute Gasteiger partial charge is 0.488 e. The molecule has 0 radical (unpaired) electrons. The van der Waals surface area contributed by atoms with Crippen molar-refractivity contribution in [2.24, 2.45) is 0 Å². The van der Waals surface area contributed by atoms with E-state index in [1.807, 2.05) is 0 Å². The molecule has 0 saturated heterocycles. The van der Waals surface area contributed by atoms with E-state index in [1.54, 1.807) is 42.7 Å². The van der Waals surface area contributed by atoms with Crippen molar-refractivity contribution in [1.82, 2.24) is 9.97 Å². The van der Waals surface area contributed by atoms with Crippen molar-refractivity contribution in [3.05, 3.63) is 42.7 Å². The first-order valence-corrected chi connectivity index (χ1v) is 6.73. The maximum atomic E-state index is 8.95. The molecule has 0 bridgehead atoms. The second kappa shape index (κ2) is 7.13. The fraction of sp³-hybridized carbons (Fsp3) is 0.167. The van der Waals surface area contributed by atoms with Crippen LogP contribution in [0.4, 0.5) is 0 Å². The first-order chi connectivity index (χ1) is 9.25. The van der Waals surface area contributed by atoms with Gasteiger partial charge >= 0.3 is 7.12 Å².